The summed E-state index contributed by atoms with van der Waals surface area (Å²) >= 11 is 5.65. The number of nitriles is 1. The highest BCUT2D eigenvalue weighted by atomic mass is 35.5. The largest absolute Gasteiger partial charge is 0.360 e. The number of aromatic amines is 1. The van der Waals surface area contributed by atoms with E-state index in [-0.39, 0.29) is 26.6 Å². The number of aromatic nitrogens is 1. The zero-order valence-electron chi connectivity index (χ0n) is 11.8. The SMILES string of the molecule is N#Cc1ccc(NS(=O)(=O)c2c[nH]c3cc(Cl)c(F)cc23)c(F)c1. The van der Waals surface area contributed by atoms with Crippen LogP contribution in [0.5, 0.6) is 0 Å². The number of halogens is 3. The van der Waals surface area contributed by atoms with Crippen LogP contribution in [0.4, 0.5) is 14.5 Å². The molecule has 0 atom stereocenters. The van der Waals surface area contributed by atoms with Gasteiger partial charge >= 0.3 is 0 Å². The molecule has 0 spiro atoms. The van der Waals surface area contributed by atoms with Gasteiger partial charge in [-0.15, -0.1) is 0 Å². The van der Waals surface area contributed by atoms with Crippen LogP contribution in [0.15, 0.2) is 41.4 Å². The fourth-order valence-electron chi connectivity index (χ4n) is 2.18. The molecule has 1 aromatic heterocycles. The Morgan fingerprint density at radius 3 is 2.58 bits per heavy atom. The third-order valence-corrected chi connectivity index (χ3v) is 5.01. The minimum absolute atomic E-state index is 0.0549. The molecular formula is C15H8ClF2N3O2S. The van der Waals surface area contributed by atoms with E-state index in [1.807, 2.05) is 0 Å². The van der Waals surface area contributed by atoms with Crippen LogP contribution < -0.4 is 4.72 Å². The third-order valence-electron chi connectivity index (χ3n) is 3.32. The van der Waals surface area contributed by atoms with Crippen LogP contribution in [-0.4, -0.2) is 13.4 Å². The number of fused-ring (bicyclic) bond motifs is 1. The topological polar surface area (TPSA) is 85.8 Å². The maximum absolute atomic E-state index is 13.9. The van der Waals surface area contributed by atoms with Gasteiger partial charge in [0.15, 0.2) is 0 Å². The molecule has 0 saturated carbocycles. The van der Waals surface area contributed by atoms with E-state index in [4.69, 9.17) is 16.9 Å². The van der Waals surface area contributed by atoms with E-state index in [1.54, 1.807) is 6.07 Å². The molecule has 2 aromatic carbocycles. The Morgan fingerprint density at radius 1 is 1.17 bits per heavy atom. The van der Waals surface area contributed by atoms with Crippen molar-refractivity contribution in [2.24, 2.45) is 0 Å². The van der Waals surface area contributed by atoms with Gasteiger partial charge in [0.25, 0.3) is 10.0 Å². The maximum Gasteiger partial charge on any atom is 0.264 e. The lowest BCUT2D eigenvalue weighted by atomic mass is 10.2. The first-order valence-corrected chi connectivity index (χ1v) is 8.36. The van der Waals surface area contributed by atoms with Crippen LogP contribution in [0.2, 0.25) is 5.02 Å². The van der Waals surface area contributed by atoms with Crippen molar-refractivity contribution in [3.05, 3.63) is 58.7 Å². The highest BCUT2D eigenvalue weighted by molar-refractivity contribution is 7.93. The molecule has 24 heavy (non-hydrogen) atoms. The Hall–Kier alpha value is -2.63. The normalized spacial score (nSPS) is 11.4. The molecule has 0 unspecified atom stereocenters. The minimum atomic E-state index is -4.18. The van der Waals surface area contributed by atoms with E-state index >= 15 is 0 Å². The minimum Gasteiger partial charge on any atom is -0.360 e. The van der Waals surface area contributed by atoms with E-state index in [0.717, 1.165) is 24.4 Å². The van der Waals surface area contributed by atoms with Gasteiger partial charge in [0.05, 0.1) is 22.3 Å². The smallest absolute Gasteiger partial charge is 0.264 e. The number of rotatable bonds is 3. The average Bonchev–Trinajstić information content (AvgIpc) is 2.93. The average molecular weight is 368 g/mol. The summed E-state index contributed by atoms with van der Waals surface area (Å²) in [6.45, 7) is 0. The lowest BCUT2D eigenvalue weighted by molar-refractivity contribution is 0.599. The second kappa shape index (κ2) is 5.78. The number of sulfonamides is 1. The lowest BCUT2D eigenvalue weighted by Crippen LogP contribution is -2.13. The molecule has 0 aliphatic rings. The molecule has 122 valence electrons. The van der Waals surface area contributed by atoms with Crippen LogP contribution >= 0.6 is 11.6 Å². The molecule has 0 radical (unpaired) electrons. The number of hydrogen-bond donors (Lipinski definition) is 2. The summed E-state index contributed by atoms with van der Waals surface area (Å²) in [5, 5.41) is 8.63. The Morgan fingerprint density at radius 2 is 1.92 bits per heavy atom. The monoisotopic (exact) mass is 367 g/mol. The van der Waals surface area contributed by atoms with Crippen LogP contribution in [0, 0.1) is 23.0 Å². The highest BCUT2D eigenvalue weighted by Crippen LogP contribution is 2.29. The zero-order valence-corrected chi connectivity index (χ0v) is 13.3. The van der Waals surface area contributed by atoms with Crippen molar-refractivity contribution in [2.75, 3.05) is 4.72 Å². The van der Waals surface area contributed by atoms with Gasteiger partial charge in [-0.1, -0.05) is 11.6 Å². The molecule has 5 nitrogen and oxygen atoms in total. The number of nitrogens with one attached hydrogen (secondary N) is 2. The van der Waals surface area contributed by atoms with Gasteiger partial charge in [0, 0.05) is 17.1 Å². The molecule has 0 aliphatic carbocycles. The fourth-order valence-corrected chi connectivity index (χ4v) is 3.58. The first kappa shape index (κ1) is 16.2. The summed E-state index contributed by atoms with van der Waals surface area (Å²) in [6.07, 6.45) is 1.16. The molecule has 0 amide bonds. The Kier molecular flexibility index (Phi) is 3.91. The molecule has 3 aromatic rings. The molecule has 0 fully saturated rings. The van der Waals surface area contributed by atoms with Gasteiger partial charge in [-0.2, -0.15) is 5.26 Å². The van der Waals surface area contributed by atoms with Crippen molar-refractivity contribution in [2.45, 2.75) is 4.90 Å². The predicted octanol–water partition coefficient (Wildman–Crippen LogP) is 3.77. The summed E-state index contributed by atoms with van der Waals surface area (Å²) in [5.74, 6) is -1.67. The molecule has 3 rings (SSSR count). The number of benzene rings is 2. The maximum atomic E-state index is 13.9. The molecule has 1 heterocycles. The Bertz CT molecular complexity index is 1100. The van der Waals surface area contributed by atoms with Crippen molar-refractivity contribution in [1.29, 1.82) is 5.26 Å². The second-order valence-electron chi connectivity index (χ2n) is 4.88. The fraction of sp³-hybridized carbons (Fsp3) is 0. The first-order valence-electron chi connectivity index (χ1n) is 6.50. The van der Waals surface area contributed by atoms with Crippen LogP contribution in [-0.2, 0) is 10.0 Å². The molecule has 0 saturated heterocycles. The van der Waals surface area contributed by atoms with Gasteiger partial charge < -0.3 is 4.98 Å². The summed E-state index contributed by atoms with van der Waals surface area (Å²) in [5.41, 5.74) is 0.0547. The highest BCUT2D eigenvalue weighted by Gasteiger charge is 2.21. The number of anilines is 1. The molecule has 9 heteroatoms. The van der Waals surface area contributed by atoms with Crippen LogP contribution in [0.1, 0.15) is 5.56 Å². The quantitative estimate of drug-likeness (QED) is 0.738. The van der Waals surface area contributed by atoms with Gasteiger partial charge in [-0.3, -0.25) is 4.72 Å². The molecule has 0 aliphatic heterocycles. The van der Waals surface area contributed by atoms with Gasteiger partial charge in [-0.25, -0.2) is 17.2 Å². The van der Waals surface area contributed by atoms with Crippen molar-refractivity contribution in [3.63, 3.8) is 0 Å². The Labute approximate surface area is 140 Å². The number of nitrogens with zero attached hydrogens (tertiary/aromatic N) is 1. The van der Waals surface area contributed by atoms with Gasteiger partial charge in [0.1, 0.15) is 16.5 Å². The predicted molar refractivity (Wildman–Crippen MR) is 85.2 cm³/mol. The molecule has 0 bridgehead atoms. The molecule has 2 N–H and O–H groups in total. The zero-order chi connectivity index (χ0) is 17.5. The second-order valence-corrected chi connectivity index (χ2v) is 6.93. The van der Waals surface area contributed by atoms with Crippen LogP contribution in [0.25, 0.3) is 10.9 Å². The summed E-state index contributed by atoms with van der Waals surface area (Å²) in [7, 11) is -4.18. The summed E-state index contributed by atoms with van der Waals surface area (Å²) < 4.78 is 54.5. The van der Waals surface area contributed by atoms with Crippen molar-refractivity contribution in [3.8, 4) is 6.07 Å². The van der Waals surface area contributed by atoms with Crippen molar-refractivity contribution in [1.82, 2.24) is 4.98 Å². The number of hydrogen-bond acceptors (Lipinski definition) is 3. The van der Waals surface area contributed by atoms with Crippen molar-refractivity contribution < 1.29 is 17.2 Å². The standard InChI is InChI=1S/C15H8ClF2N3O2S/c16-10-5-14-9(4-11(10)17)15(7-20-14)24(22,23)21-13-2-1-8(6-19)3-12(13)18/h1-5,7,20-21H. The van der Waals surface area contributed by atoms with E-state index in [2.05, 4.69) is 9.71 Å². The van der Waals surface area contributed by atoms with Gasteiger partial charge in [0.2, 0.25) is 0 Å². The van der Waals surface area contributed by atoms with E-state index in [9.17, 15) is 17.2 Å². The Balaban J connectivity index is 2.06. The summed E-state index contributed by atoms with van der Waals surface area (Å²) in [6, 6.07) is 7.31. The van der Waals surface area contributed by atoms with E-state index < -0.39 is 21.7 Å². The molecular weight excluding hydrogens is 360 g/mol. The van der Waals surface area contributed by atoms with Gasteiger partial charge in [-0.05, 0) is 30.3 Å². The number of H-pyrrole nitrogens is 1. The first-order chi connectivity index (χ1) is 11.3. The summed E-state index contributed by atoms with van der Waals surface area (Å²) in [4.78, 5) is 2.42. The third kappa shape index (κ3) is 2.79. The van der Waals surface area contributed by atoms with Crippen LogP contribution in [0.3, 0.4) is 0 Å². The van der Waals surface area contributed by atoms with E-state index in [0.29, 0.717) is 5.52 Å². The lowest BCUT2D eigenvalue weighted by Gasteiger charge is -2.08. The van der Waals surface area contributed by atoms with Crippen molar-refractivity contribution >= 4 is 38.2 Å². The van der Waals surface area contributed by atoms with E-state index in [1.165, 1.54) is 12.1 Å².